The number of nitrogens with zero attached hydrogens (tertiary/aromatic N) is 2. The highest BCUT2D eigenvalue weighted by Crippen LogP contribution is 2.37. The van der Waals surface area contributed by atoms with Crippen LogP contribution in [0.2, 0.25) is 0 Å². The van der Waals surface area contributed by atoms with Crippen LogP contribution in [0.25, 0.3) is 10.8 Å². The van der Waals surface area contributed by atoms with Crippen LogP contribution in [0.1, 0.15) is 23.5 Å². The van der Waals surface area contributed by atoms with Crippen molar-refractivity contribution in [2.45, 2.75) is 12.3 Å². The van der Waals surface area contributed by atoms with Gasteiger partial charge in [-0.25, -0.2) is 4.79 Å². The zero-order chi connectivity index (χ0) is 17.7. The molecule has 126 valence electrons. The normalized spacial score (nSPS) is 16.6. The predicted octanol–water partition coefficient (Wildman–Crippen LogP) is 1.71. The van der Waals surface area contributed by atoms with E-state index in [9.17, 15) is 14.4 Å². The van der Waals surface area contributed by atoms with Crippen LogP contribution in [0.4, 0.5) is 5.82 Å². The van der Waals surface area contributed by atoms with E-state index < -0.39 is 5.69 Å². The van der Waals surface area contributed by atoms with E-state index in [1.165, 1.54) is 11.6 Å². The van der Waals surface area contributed by atoms with Gasteiger partial charge in [0.1, 0.15) is 5.82 Å². The first-order chi connectivity index (χ1) is 12.0. The Bertz CT molecular complexity index is 1140. The monoisotopic (exact) mass is 335 g/mol. The van der Waals surface area contributed by atoms with Crippen molar-refractivity contribution >= 4 is 22.5 Å². The van der Waals surface area contributed by atoms with Gasteiger partial charge in [0.05, 0.1) is 5.56 Å². The standard InChI is InChI=1S/C19H17N3O3/c1-21-17-16(18(24)22(2)19(21)25)14(10-15(23)20-17)13-9-5-7-11-6-3-4-8-12(11)13/h3-9,14H,10H2,1-2H3,(H,20,23)/t14-/m1/s1. The number of hydrogen-bond donors (Lipinski definition) is 1. The van der Waals surface area contributed by atoms with E-state index in [1.54, 1.807) is 7.05 Å². The fraction of sp³-hybridized carbons (Fsp3) is 0.211. The van der Waals surface area contributed by atoms with E-state index in [2.05, 4.69) is 5.32 Å². The van der Waals surface area contributed by atoms with Crippen LogP contribution in [0.5, 0.6) is 0 Å². The third-order valence-corrected chi connectivity index (χ3v) is 4.89. The molecular formula is C19H17N3O3. The van der Waals surface area contributed by atoms with Gasteiger partial charge in [0.15, 0.2) is 0 Å². The molecule has 0 aliphatic carbocycles. The molecule has 0 fully saturated rings. The van der Waals surface area contributed by atoms with Crippen LogP contribution in [0.15, 0.2) is 52.1 Å². The molecule has 0 radical (unpaired) electrons. The third kappa shape index (κ3) is 2.21. The van der Waals surface area contributed by atoms with Gasteiger partial charge >= 0.3 is 5.69 Å². The third-order valence-electron chi connectivity index (χ3n) is 4.89. The highest BCUT2D eigenvalue weighted by Gasteiger charge is 2.33. The molecule has 0 saturated heterocycles. The number of carbonyl (C=O) groups is 1. The van der Waals surface area contributed by atoms with Crippen molar-refractivity contribution in [1.29, 1.82) is 0 Å². The van der Waals surface area contributed by atoms with E-state index >= 15 is 0 Å². The number of benzene rings is 2. The number of hydrogen-bond acceptors (Lipinski definition) is 3. The van der Waals surface area contributed by atoms with Crippen molar-refractivity contribution in [1.82, 2.24) is 9.13 Å². The number of carbonyl (C=O) groups excluding carboxylic acids is 1. The van der Waals surface area contributed by atoms with Crippen LogP contribution in [0.3, 0.4) is 0 Å². The lowest BCUT2D eigenvalue weighted by atomic mass is 9.84. The Morgan fingerprint density at radius 1 is 0.960 bits per heavy atom. The molecule has 1 aliphatic heterocycles. The second-order valence-corrected chi connectivity index (χ2v) is 6.34. The average molecular weight is 335 g/mol. The number of anilines is 1. The molecule has 6 heteroatoms. The lowest BCUT2D eigenvalue weighted by Gasteiger charge is -2.27. The molecule has 4 rings (SSSR count). The molecule has 0 spiro atoms. The number of fused-ring (bicyclic) bond motifs is 2. The largest absolute Gasteiger partial charge is 0.332 e. The molecule has 6 nitrogen and oxygen atoms in total. The van der Waals surface area contributed by atoms with E-state index in [4.69, 9.17) is 0 Å². The number of aromatic nitrogens is 2. The van der Waals surface area contributed by atoms with Gasteiger partial charge in [0.25, 0.3) is 5.56 Å². The van der Waals surface area contributed by atoms with Crippen LogP contribution in [-0.2, 0) is 18.9 Å². The first-order valence-electron chi connectivity index (χ1n) is 8.06. The van der Waals surface area contributed by atoms with Crippen molar-refractivity contribution < 1.29 is 4.79 Å². The first-order valence-corrected chi connectivity index (χ1v) is 8.06. The molecule has 1 aromatic heterocycles. The first kappa shape index (κ1) is 15.4. The van der Waals surface area contributed by atoms with Gasteiger partial charge in [-0.1, -0.05) is 42.5 Å². The minimum atomic E-state index is -0.456. The second kappa shape index (κ2) is 5.44. The molecule has 0 saturated carbocycles. The molecule has 1 atom stereocenters. The van der Waals surface area contributed by atoms with Crippen molar-refractivity contribution in [3.05, 3.63) is 74.4 Å². The Hall–Kier alpha value is -3.15. The summed E-state index contributed by atoms with van der Waals surface area (Å²) in [7, 11) is 3.02. The van der Waals surface area contributed by atoms with Gasteiger partial charge in [-0.2, -0.15) is 0 Å². The predicted molar refractivity (Wildman–Crippen MR) is 96.0 cm³/mol. The summed E-state index contributed by atoms with van der Waals surface area (Å²) in [6.45, 7) is 0. The smallest absolute Gasteiger partial charge is 0.312 e. The average Bonchev–Trinajstić information content (AvgIpc) is 2.63. The SMILES string of the molecule is Cn1c2c(c(=O)n(C)c1=O)[C@@H](c1cccc3ccccc13)CC(=O)N2. The Kier molecular flexibility index (Phi) is 3.35. The summed E-state index contributed by atoms with van der Waals surface area (Å²) in [6.07, 6.45) is 0.175. The Morgan fingerprint density at radius 2 is 1.68 bits per heavy atom. The molecular weight excluding hydrogens is 318 g/mol. The summed E-state index contributed by atoms with van der Waals surface area (Å²) in [5.41, 5.74) is 0.559. The van der Waals surface area contributed by atoms with Crippen LogP contribution in [-0.4, -0.2) is 15.0 Å². The lowest BCUT2D eigenvalue weighted by Crippen LogP contribution is -2.44. The molecule has 3 aromatic rings. The van der Waals surface area contributed by atoms with E-state index in [1.807, 2.05) is 42.5 Å². The van der Waals surface area contributed by atoms with Crippen molar-refractivity contribution in [2.75, 3.05) is 5.32 Å². The van der Waals surface area contributed by atoms with Crippen molar-refractivity contribution in [3.63, 3.8) is 0 Å². The van der Waals surface area contributed by atoms with Crippen LogP contribution in [0, 0.1) is 0 Å². The zero-order valence-corrected chi connectivity index (χ0v) is 13.9. The van der Waals surface area contributed by atoms with Crippen molar-refractivity contribution in [2.24, 2.45) is 14.1 Å². The van der Waals surface area contributed by atoms with E-state index in [0.29, 0.717) is 11.4 Å². The van der Waals surface area contributed by atoms with E-state index in [0.717, 1.165) is 20.9 Å². The lowest BCUT2D eigenvalue weighted by molar-refractivity contribution is -0.116. The van der Waals surface area contributed by atoms with Gasteiger partial charge in [0, 0.05) is 26.4 Å². The van der Waals surface area contributed by atoms with Crippen LogP contribution >= 0.6 is 0 Å². The van der Waals surface area contributed by atoms with Gasteiger partial charge in [-0.05, 0) is 16.3 Å². The minimum Gasteiger partial charge on any atom is -0.312 e. The maximum atomic E-state index is 12.8. The summed E-state index contributed by atoms with van der Waals surface area (Å²) in [6, 6.07) is 13.8. The number of nitrogens with one attached hydrogen (secondary N) is 1. The maximum Gasteiger partial charge on any atom is 0.332 e. The van der Waals surface area contributed by atoms with Crippen molar-refractivity contribution in [3.8, 4) is 0 Å². The molecule has 0 unspecified atom stereocenters. The van der Waals surface area contributed by atoms with Gasteiger partial charge in [-0.15, -0.1) is 0 Å². The maximum absolute atomic E-state index is 12.8. The van der Waals surface area contributed by atoms with Gasteiger partial charge in [0.2, 0.25) is 5.91 Å². The summed E-state index contributed by atoms with van der Waals surface area (Å²) >= 11 is 0. The molecule has 0 bridgehead atoms. The topological polar surface area (TPSA) is 73.1 Å². The molecule has 2 heterocycles. The fourth-order valence-electron chi connectivity index (χ4n) is 3.63. The Morgan fingerprint density at radius 3 is 2.48 bits per heavy atom. The quantitative estimate of drug-likeness (QED) is 0.736. The highest BCUT2D eigenvalue weighted by atomic mass is 16.2. The van der Waals surface area contributed by atoms with Crippen LogP contribution < -0.4 is 16.6 Å². The molecule has 2 aromatic carbocycles. The summed E-state index contributed by atoms with van der Waals surface area (Å²) in [4.78, 5) is 37.3. The molecule has 25 heavy (non-hydrogen) atoms. The van der Waals surface area contributed by atoms with Gasteiger partial charge < -0.3 is 5.32 Å². The summed E-state index contributed by atoms with van der Waals surface area (Å²) < 4.78 is 2.42. The fourth-order valence-corrected chi connectivity index (χ4v) is 3.63. The summed E-state index contributed by atoms with van der Waals surface area (Å²) in [5, 5.41) is 4.75. The minimum absolute atomic E-state index is 0.175. The molecule has 1 amide bonds. The number of rotatable bonds is 1. The zero-order valence-electron chi connectivity index (χ0n) is 13.9. The van der Waals surface area contributed by atoms with E-state index in [-0.39, 0.29) is 23.8 Å². The molecule has 1 aliphatic rings. The summed E-state index contributed by atoms with van der Waals surface area (Å²) in [5.74, 6) is -0.295. The number of amides is 1. The molecule has 1 N–H and O–H groups in total. The van der Waals surface area contributed by atoms with Gasteiger partial charge in [-0.3, -0.25) is 18.7 Å². The Labute approximate surface area is 143 Å². The Balaban J connectivity index is 2.08. The highest BCUT2D eigenvalue weighted by molar-refractivity contribution is 5.96. The second-order valence-electron chi connectivity index (χ2n) is 6.34.